The van der Waals surface area contributed by atoms with Crippen LogP contribution >= 0.6 is 0 Å². The number of nitrogens with zero attached hydrogens (tertiary/aromatic N) is 1. The van der Waals surface area contributed by atoms with Crippen LogP contribution in [0.3, 0.4) is 0 Å². The highest BCUT2D eigenvalue weighted by Crippen LogP contribution is 2.38. The Morgan fingerprint density at radius 3 is 2.74 bits per heavy atom. The molecule has 23 heavy (non-hydrogen) atoms. The molecule has 0 fully saturated rings. The zero-order valence-electron chi connectivity index (χ0n) is 13.3. The second-order valence-corrected chi connectivity index (χ2v) is 5.00. The number of rotatable bonds is 5. The molecule has 2 rings (SSSR count). The van der Waals surface area contributed by atoms with E-state index >= 15 is 0 Å². The Balaban J connectivity index is 2.56. The summed E-state index contributed by atoms with van der Waals surface area (Å²) in [6.07, 6.45) is 1.81. The minimum Gasteiger partial charge on any atom is -0.464 e. The Kier molecular flexibility index (Phi) is 5.32. The maximum absolute atomic E-state index is 13.9. The lowest BCUT2D eigenvalue weighted by molar-refractivity contribution is -0.136. The molecule has 0 saturated heterocycles. The minimum absolute atomic E-state index is 0.121. The van der Waals surface area contributed by atoms with Gasteiger partial charge in [0.25, 0.3) is 0 Å². The molecule has 0 N–H and O–H groups in total. The Labute approximate surface area is 134 Å². The molecule has 0 unspecified atom stereocenters. The van der Waals surface area contributed by atoms with Gasteiger partial charge in [-0.15, -0.1) is 0 Å². The van der Waals surface area contributed by atoms with Gasteiger partial charge in [0.1, 0.15) is 17.5 Å². The molecule has 0 aliphatic carbocycles. The topological polar surface area (TPSA) is 55.8 Å². The zero-order chi connectivity index (χ0) is 17.0. The van der Waals surface area contributed by atoms with Crippen LogP contribution in [0.1, 0.15) is 18.1 Å². The maximum atomic E-state index is 13.9. The van der Waals surface area contributed by atoms with Gasteiger partial charge in [-0.3, -0.25) is 0 Å². The number of allylic oxidation sites excluding steroid dienone is 2. The van der Waals surface area contributed by atoms with Crippen LogP contribution in [0.4, 0.5) is 10.1 Å². The van der Waals surface area contributed by atoms with E-state index in [2.05, 4.69) is 0 Å². The maximum Gasteiger partial charge on any atom is 0.354 e. The van der Waals surface area contributed by atoms with Crippen LogP contribution in [0.15, 0.2) is 23.9 Å². The molecule has 1 aliphatic heterocycles. The average Bonchev–Trinajstić information content (AvgIpc) is 2.54. The van der Waals surface area contributed by atoms with Crippen LogP contribution < -0.4 is 4.90 Å². The molecule has 5 nitrogen and oxygen atoms in total. The van der Waals surface area contributed by atoms with Crippen LogP contribution in [0.5, 0.6) is 0 Å². The average molecular weight is 319 g/mol. The number of hydrogen-bond donors (Lipinski definition) is 0. The number of esters is 1. The summed E-state index contributed by atoms with van der Waals surface area (Å²) in [6, 6.07) is 2.65. The summed E-state index contributed by atoms with van der Waals surface area (Å²) in [4.78, 5) is 24.8. The van der Waals surface area contributed by atoms with Crippen molar-refractivity contribution in [3.05, 3.63) is 40.8 Å². The lowest BCUT2D eigenvalue weighted by Crippen LogP contribution is -2.29. The van der Waals surface area contributed by atoms with Gasteiger partial charge < -0.3 is 14.4 Å². The van der Waals surface area contributed by atoms with Gasteiger partial charge in [0.2, 0.25) is 0 Å². The predicted molar refractivity (Wildman–Crippen MR) is 84.2 cm³/mol. The highest BCUT2D eigenvalue weighted by atomic mass is 19.1. The number of ether oxygens (including phenoxy) is 2. The van der Waals surface area contributed by atoms with E-state index in [0.717, 1.165) is 0 Å². The Bertz CT molecular complexity index is 705. The fourth-order valence-electron chi connectivity index (χ4n) is 2.59. The fraction of sp³-hybridized carbons (Fsp3) is 0.353. The largest absolute Gasteiger partial charge is 0.464 e. The van der Waals surface area contributed by atoms with Crippen LogP contribution in [-0.2, 0) is 25.5 Å². The van der Waals surface area contributed by atoms with Gasteiger partial charge in [0.05, 0.1) is 25.0 Å². The van der Waals surface area contributed by atoms with Crippen molar-refractivity contribution in [3.8, 4) is 0 Å². The molecule has 0 aromatic heterocycles. The van der Waals surface area contributed by atoms with Gasteiger partial charge in [-0.1, -0.05) is 0 Å². The predicted octanol–water partition coefficient (Wildman–Crippen LogP) is 2.13. The van der Waals surface area contributed by atoms with Crippen LogP contribution in [0.2, 0.25) is 0 Å². The van der Waals surface area contributed by atoms with Crippen LogP contribution in [0.25, 0.3) is 5.57 Å². The van der Waals surface area contributed by atoms with Crippen molar-refractivity contribution < 1.29 is 23.5 Å². The molecular weight excluding hydrogens is 301 g/mol. The van der Waals surface area contributed by atoms with E-state index in [1.54, 1.807) is 17.9 Å². The molecule has 1 aromatic rings. The Morgan fingerprint density at radius 1 is 1.39 bits per heavy atom. The van der Waals surface area contributed by atoms with Gasteiger partial charge in [0, 0.05) is 19.2 Å². The number of halogens is 1. The summed E-state index contributed by atoms with van der Waals surface area (Å²) in [5.74, 6) is 0.739. The number of carbonyl (C=O) groups is 1. The van der Waals surface area contributed by atoms with Gasteiger partial charge >= 0.3 is 5.97 Å². The third kappa shape index (κ3) is 3.33. The van der Waals surface area contributed by atoms with E-state index in [1.807, 2.05) is 6.92 Å². The highest BCUT2D eigenvalue weighted by molar-refractivity contribution is 6.07. The Morgan fingerprint density at radius 2 is 2.13 bits per heavy atom. The molecule has 122 valence electrons. The molecule has 0 spiro atoms. The number of carbonyl (C=O) groups excluding carboxylic acids is 2. The van der Waals surface area contributed by atoms with E-state index in [1.165, 1.54) is 25.3 Å². The fourth-order valence-corrected chi connectivity index (χ4v) is 2.59. The molecule has 0 saturated carbocycles. The van der Waals surface area contributed by atoms with Crippen molar-refractivity contribution in [2.24, 2.45) is 0 Å². The van der Waals surface area contributed by atoms with Crippen molar-refractivity contribution in [1.82, 2.24) is 0 Å². The van der Waals surface area contributed by atoms with Gasteiger partial charge in [0.15, 0.2) is 0 Å². The molecular formula is C17H18FNO4. The van der Waals surface area contributed by atoms with E-state index in [4.69, 9.17) is 9.47 Å². The van der Waals surface area contributed by atoms with Crippen molar-refractivity contribution >= 4 is 23.2 Å². The monoisotopic (exact) mass is 319 g/mol. The molecule has 0 bridgehead atoms. The van der Waals surface area contributed by atoms with Crippen LogP contribution in [-0.4, -0.2) is 39.3 Å². The van der Waals surface area contributed by atoms with Gasteiger partial charge in [-0.05, 0) is 37.1 Å². The first-order valence-corrected chi connectivity index (χ1v) is 7.22. The first kappa shape index (κ1) is 16.9. The van der Waals surface area contributed by atoms with E-state index in [9.17, 15) is 14.0 Å². The Hall–Kier alpha value is -2.43. The summed E-state index contributed by atoms with van der Waals surface area (Å²) in [5, 5.41) is 0. The van der Waals surface area contributed by atoms with E-state index in [-0.39, 0.29) is 11.3 Å². The smallest absolute Gasteiger partial charge is 0.354 e. The minimum atomic E-state index is -0.578. The summed E-state index contributed by atoms with van der Waals surface area (Å²) < 4.78 is 24.0. The molecule has 0 atom stereocenters. The summed E-state index contributed by atoms with van der Waals surface area (Å²) in [7, 11) is 2.93. The molecule has 0 radical (unpaired) electrons. The van der Waals surface area contributed by atoms with Gasteiger partial charge in [-0.25, -0.2) is 14.0 Å². The quantitative estimate of drug-likeness (QED) is 0.473. The number of methoxy groups -OCH3 is 1. The number of benzene rings is 1. The summed E-state index contributed by atoms with van der Waals surface area (Å²) >= 11 is 0. The zero-order valence-corrected chi connectivity index (χ0v) is 13.3. The second-order valence-electron chi connectivity index (χ2n) is 5.00. The number of fused-ring (bicyclic) bond motifs is 1. The molecule has 1 aromatic carbocycles. The first-order valence-electron chi connectivity index (χ1n) is 7.22. The number of anilines is 1. The molecule has 1 heterocycles. The van der Waals surface area contributed by atoms with E-state index < -0.39 is 11.8 Å². The summed E-state index contributed by atoms with van der Waals surface area (Å²) in [5.41, 5.74) is 1.96. The first-order chi connectivity index (χ1) is 11.0. The normalized spacial score (nSPS) is 13.3. The lowest BCUT2D eigenvalue weighted by Gasteiger charge is -2.30. The SMILES string of the molecule is CCOCCc1cc(F)cc2c1N(C)C(C(=O)OC)=CC2=C=O. The van der Waals surface area contributed by atoms with E-state index in [0.29, 0.717) is 36.4 Å². The van der Waals surface area contributed by atoms with Crippen molar-refractivity contribution in [3.63, 3.8) is 0 Å². The molecule has 1 aliphatic rings. The van der Waals surface area contributed by atoms with Crippen molar-refractivity contribution in [2.45, 2.75) is 13.3 Å². The third-order valence-corrected chi connectivity index (χ3v) is 3.65. The second kappa shape index (κ2) is 7.22. The number of likely N-dealkylation sites (N-methyl/N-ethyl adjacent to an activating group) is 1. The summed E-state index contributed by atoms with van der Waals surface area (Å²) in [6.45, 7) is 2.84. The lowest BCUT2D eigenvalue weighted by atomic mass is 9.94. The molecule has 0 amide bonds. The van der Waals surface area contributed by atoms with Crippen molar-refractivity contribution in [1.29, 1.82) is 0 Å². The third-order valence-electron chi connectivity index (χ3n) is 3.65. The van der Waals surface area contributed by atoms with Gasteiger partial charge in [-0.2, -0.15) is 0 Å². The standard InChI is InChI=1S/C17H18FNO4/c1-4-23-6-5-11-7-13(18)9-14-12(10-20)8-15(17(21)22-3)19(2)16(11)14/h7-9H,4-6H2,1-3H3. The molecule has 6 heteroatoms. The van der Waals surface area contributed by atoms with Crippen LogP contribution in [0, 0.1) is 5.82 Å². The highest BCUT2D eigenvalue weighted by Gasteiger charge is 2.28. The van der Waals surface area contributed by atoms with Crippen molar-refractivity contribution in [2.75, 3.05) is 32.3 Å². The number of hydrogen-bond acceptors (Lipinski definition) is 5.